The van der Waals surface area contributed by atoms with E-state index in [0.29, 0.717) is 0 Å². The fraction of sp³-hybridized carbons (Fsp3) is 0.688. The summed E-state index contributed by atoms with van der Waals surface area (Å²) in [6, 6.07) is -5.21. The zero-order valence-electron chi connectivity index (χ0n) is 16.4. The zero-order valence-corrected chi connectivity index (χ0v) is 17.3. The highest BCUT2D eigenvalue weighted by atomic mass is 32.1. The van der Waals surface area contributed by atoms with E-state index >= 15 is 0 Å². The number of thiol groups is 1. The van der Waals surface area contributed by atoms with E-state index in [-0.39, 0.29) is 5.75 Å². The molecule has 166 valence electrons. The highest BCUT2D eigenvalue weighted by Gasteiger charge is 2.33. The van der Waals surface area contributed by atoms with Gasteiger partial charge in [-0.3, -0.25) is 19.2 Å². The molecule has 5 atom stereocenters. The average molecular weight is 436 g/mol. The molecule has 0 radical (unpaired) electrons. The molecule has 0 aromatic carbocycles. The number of carboxylic acid groups (broad SMARTS) is 1. The van der Waals surface area contributed by atoms with Crippen LogP contribution in [-0.2, 0) is 24.0 Å². The van der Waals surface area contributed by atoms with Crippen molar-refractivity contribution in [1.82, 2.24) is 16.0 Å². The van der Waals surface area contributed by atoms with E-state index in [1.165, 1.54) is 6.92 Å². The van der Waals surface area contributed by atoms with Crippen molar-refractivity contribution in [3.63, 3.8) is 0 Å². The normalized spacial score (nSPS) is 16.1. The van der Waals surface area contributed by atoms with E-state index in [9.17, 15) is 29.1 Å². The Morgan fingerprint density at radius 1 is 0.931 bits per heavy atom. The summed E-state index contributed by atoms with van der Waals surface area (Å²) in [5, 5.41) is 25.7. The summed E-state index contributed by atoms with van der Waals surface area (Å²) in [7, 11) is 0. The summed E-state index contributed by atoms with van der Waals surface area (Å²) in [6.07, 6.45) is -1.95. The van der Waals surface area contributed by atoms with Crippen molar-refractivity contribution >= 4 is 42.2 Å². The molecule has 0 aliphatic rings. The second-order valence-electron chi connectivity index (χ2n) is 6.82. The van der Waals surface area contributed by atoms with Crippen LogP contribution in [0, 0.1) is 5.92 Å². The molecule has 0 saturated carbocycles. The first-order valence-corrected chi connectivity index (χ1v) is 9.41. The molecule has 4 amide bonds. The average Bonchev–Trinajstić information content (AvgIpc) is 2.61. The monoisotopic (exact) mass is 435 g/mol. The highest BCUT2D eigenvalue weighted by molar-refractivity contribution is 7.80. The SMILES string of the molecule is CC(C)C(NC(=O)C(NC(=O)C(N)CS)C(C)O)C(=O)NC(CC(N)=O)C(=O)O. The Hall–Kier alpha value is -2.38. The largest absolute Gasteiger partial charge is 0.480 e. The van der Waals surface area contributed by atoms with Gasteiger partial charge < -0.3 is 37.6 Å². The third kappa shape index (κ3) is 9.11. The second kappa shape index (κ2) is 12.2. The minimum absolute atomic E-state index is 0.00739. The van der Waals surface area contributed by atoms with E-state index in [0.717, 1.165) is 0 Å². The van der Waals surface area contributed by atoms with Crippen LogP contribution in [0.25, 0.3) is 0 Å². The van der Waals surface area contributed by atoms with Crippen LogP contribution in [0.15, 0.2) is 0 Å². The number of nitrogens with two attached hydrogens (primary N) is 2. The van der Waals surface area contributed by atoms with E-state index in [1.807, 2.05) is 0 Å². The lowest BCUT2D eigenvalue weighted by Crippen LogP contribution is -2.61. The molecule has 0 aromatic heterocycles. The summed E-state index contributed by atoms with van der Waals surface area (Å²) in [5.41, 5.74) is 10.5. The summed E-state index contributed by atoms with van der Waals surface area (Å²) in [4.78, 5) is 59.1. The van der Waals surface area contributed by atoms with Gasteiger partial charge in [0.1, 0.15) is 18.1 Å². The Morgan fingerprint density at radius 3 is 1.79 bits per heavy atom. The second-order valence-corrected chi connectivity index (χ2v) is 7.18. The van der Waals surface area contributed by atoms with E-state index < -0.39 is 72.2 Å². The number of nitrogens with one attached hydrogen (secondary N) is 3. The first-order chi connectivity index (χ1) is 13.3. The Labute approximate surface area is 173 Å². The molecule has 0 aliphatic heterocycles. The van der Waals surface area contributed by atoms with E-state index in [2.05, 4.69) is 28.6 Å². The molecule has 0 aliphatic carbocycles. The van der Waals surface area contributed by atoms with Gasteiger partial charge in [-0.25, -0.2) is 4.79 Å². The summed E-state index contributed by atoms with van der Waals surface area (Å²) in [6.45, 7) is 4.43. The maximum atomic E-state index is 12.5. The zero-order chi connectivity index (χ0) is 22.9. The number of aliphatic carboxylic acids is 1. The fourth-order valence-corrected chi connectivity index (χ4v) is 2.36. The number of carboxylic acids is 1. The topological polar surface area (TPSA) is 214 Å². The van der Waals surface area contributed by atoms with Gasteiger partial charge in [-0.2, -0.15) is 12.6 Å². The molecule has 12 nitrogen and oxygen atoms in total. The van der Waals surface area contributed by atoms with Crippen molar-refractivity contribution in [3.8, 4) is 0 Å². The third-order valence-electron chi connectivity index (χ3n) is 3.86. The molecule has 0 bridgehead atoms. The van der Waals surface area contributed by atoms with Gasteiger partial charge in [-0.05, 0) is 12.8 Å². The van der Waals surface area contributed by atoms with Crippen LogP contribution in [0.2, 0.25) is 0 Å². The van der Waals surface area contributed by atoms with Gasteiger partial charge in [0.15, 0.2) is 0 Å². The number of amides is 4. The van der Waals surface area contributed by atoms with Gasteiger partial charge >= 0.3 is 5.97 Å². The molecule has 0 saturated heterocycles. The summed E-state index contributed by atoms with van der Waals surface area (Å²) >= 11 is 3.88. The number of aliphatic hydroxyl groups is 1. The summed E-state index contributed by atoms with van der Waals surface area (Å²) in [5.74, 6) is -5.36. The van der Waals surface area contributed by atoms with Crippen LogP contribution in [0.3, 0.4) is 0 Å². The van der Waals surface area contributed by atoms with Crippen LogP contribution in [-0.4, -0.2) is 75.8 Å². The summed E-state index contributed by atoms with van der Waals surface area (Å²) < 4.78 is 0. The maximum Gasteiger partial charge on any atom is 0.326 e. The highest BCUT2D eigenvalue weighted by Crippen LogP contribution is 2.06. The molecule has 29 heavy (non-hydrogen) atoms. The van der Waals surface area contributed by atoms with Crippen LogP contribution in [0.1, 0.15) is 27.2 Å². The van der Waals surface area contributed by atoms with Crippen molar-refractivity contribution < 1.29 is 34.2 Å². The quantitative estimate of drug-likeness (QED) is 0.145. The van der Waals surface area contributed by atoms with Crippen molar-refractivity contribution in [2.75, 3.05) is 5.75 Å². The van der Waals surface area contributed by atoms with Crippen molar-refractivity contribution in [1.29, 1.82) is 0 Å². The van der Waals surface area contributed by atoms with Gasteiger partial charge in [0, 0.05) is 5.75 Å². The van der Waals surface area contributed by atoms with Crippen LogP contribution in [0.4, 0.5) is 0 Å². The molecule has 0 heterocycles. The minimum atomic E-state index is -1.57. The molecule has 0 rings (SSSR count). The molecule has 0 aromatic rings. The van der Waals surface area contributed by atoms with Gasteiger partial charge in [0.25, 0.3) is 0 Å². The van der Waals surface area contributed by atoms with Gasteiger partial charge in [-0.15, -0.1) is 0 Å². The maximum absolute atomic E-state index is 12.5. The first-order valence-electron chi connectivity index (χ1n) is 8.78. The molecular weight excluding hydrogens is 406 g/mol. The van der Waals surface area contributed by atoms with E-state index in [4.69, 9.17) is 16.6 Å². The van der Waals surface area contributed by atoms with E-state index in [1.54, 1.807) is 13.8 Å². The predicted octanol–water partition coefficient (Wildman–Crippen LogP) is -3.31. The van der Waals surface area contributed by atoms with Crippen LogP contribution in [0.5, 0.6) is 0 Å². The van der Waals surface area contributed by atoms with Crippen molar-refractivity contribution in [2.24, 2.45) is 17.4 Å². The number of rotatable bonds is 12. The molecule has 13 heteroatoms. The van der Waals surface area contributed by atoms with Crippen molar-refractivity contribution in [2.45, 2.75) is 57.5 Å². The molecular formula is C16H29N5O7S. The Balaban J connectivity index is 5.34. The molecule has 0 fully saturated rings. The number of primary amides is 1. The lowest BCUT2D eigenvalue weighted by Gasteiger charge is -2.27. The smallest absolute Gasteiger partial charge is 0.326 e. The predicted molar refractivity (Wildman–Crippen MR) is 106 cm³/mol. The van der Waals surface area contributed by atoms with Gasteiger partial charge in [0.05, 0.1) is 18.6 Å². The Morgan fingerprint density at radius 2 is 1.41 bits per heavy atom. The minimum Gasteiger partial charge on any atom is -0.480 e. The lowest BCUT2D eigenvalue weighted by molar-refractivity contribution is -0.144. The number of aliphatic hydroxyl groups excluding tert-OH is 1. The number of hydrogen-bond acceptors (Lipinski definition) is 8. The van der Waals surface area contributed by atoms with Crippen molar-refractivity contribution in [3.05, 3.63) is 0 Å². The molecule has 0 spiro atoms. The van der Waals surface area contributed by atoms with Crippen LogP contribution >= 0.6 is 12.6 Å². The fourth-order valence-electron chi connectivity index (χ4n) is 2.19. The Kier molecular flexibility index (Phi) is 11.2. The van der Waals surface area contributed by atoms with Gasteiger partial charge in [0.2, 0.25) is 23.6 Å². The number of carbonyl (C=O) groups excluding carboxylic acids is 4. The number of hydrogen-bond donors (Lipinski definition) is 8. The number of carbonyl (C=O) groups is 5. The molecule has 9 N–H and O–H groups in total. The van der Waals surface area contributed by atoms with Crippen LogP contribution < -0.4 is 27.4 Å². The third-order valence-corrected chi connectivity index (χ3v) is 4.26. The first kappa shape index (κ1) is 26.6. The standard InChI is InChI=1S/C16H29N5O7S/c1-6(2)11(14(25)19-9(16(27)28)4-10(18)23)20-15(26)12(7(3)22)21-13(24)8(17)5-29/h6-9,11-12,22,29H,4-5,17H2,1-3H3,(H2,18,23)(H,19,25)(H,20,26)(H,21,24)(H,27,28). The van der Waals surface area contributed by atoms with Gasteiger partial charge in [-0.1, -0.05) is 13.8 Å². The lowest BCUT2D eigenvalue weighted by atomic mass is 10.0. The molecule has 5 unspecified atom stereocenters. The Bertz CT molecular complexity index is 629.